The normalized spacial score (nSPS) is 11.8. The van der Waals surface area contributed by atoms with Gasteiger partial charge in [-0.3, -0.25) is 0 Å². The van der Waals surface area contributed by atoms with Gasteiger partial charge >= 0.3 is 0 Å². The van der Waals surface area contributed by atoms with Gasteiger partial charge in [0.05, 0.1) is 6.21 Å². The molecule has 0 unspecified atom stereocenters. The molecule has 0 atom stereocenters. The molecule has 0 aromatic carbocycles. The number of rotatable bonds is 4. The van der Waals surface area contributed by atoms with Crippen LogP contribution in [0.5, 0.6) is 0 Å². The second kappa shape index (κ2) is 5.89. The maximum absolute atomic E-state index is 12.7. The van der Waals surface area contributed by atoms with Gasteiger partial charge in [-0.2, -0.15) is 9.78 Å². The minimum absolute atomic E-state index is 0.331. The maximum Gasteiger partial charge on any atom is 0.299 e. The van der Waals surface area contributed by atoms with Crippen LogP contribution in [0.4, 0.5) is 8.78 Å². The average Bonchev–Trinajstić information content (AvgIpc) is 2.91. The second-order valence-corrected chi connectivity index (χ2v) is 5.70. The molecule has 96 valence electrons. The average molecular weight is 353 g/mol. The third kappa shape index (κ3) is 2.96. The van der Waals surface area contributed by atoms with Crippen LogP contribution >= 0.6 is 39.0 Å². The lowest BCUT2D eigenvalue weighted by Gasteiger charge is -2.00. The molecule has 0 aliphatic heterocycles. The van der Waals surface area contributed by atoms with Crippen molar-refractivity contribution in [1.29, 1.82) is 0 Å². The fourth-order valence-corrected chi connectivity index (χ4v) is 2.89. The Balaban J connectivity index is 2.32. The van der Waals surface area contributed by atoms with Crippen molar-refractivity contribution in [3.63, 3.8) is 0 Å². The third-order valence-corrected chi connectivity index (χ3v) is 4.15. The third-order valence-electron chi connectivity index (χ3n) is 1.90. The highest BCUT2D eigenvalue weighted by Crippen LogP contribution is 2.22. The zero-order chi connectivity index (χ0) is 13.1. The van der Waals surface area contributed by atoms with Crippen LogP contribution in [0.15, 0.2) is 26.2 Å². The summed E-state index contributed by atoms with van der Waals surface area (Å²) in [6, 6.07) is 1.85. The van der Waals surface area contributed by atoms with Gasteiger partial charge in [0.15, 0.2) is 0 Å². The summed E-state index contributed by atoms with van der Waals surface area (Å²) in [5.74, 6) is -0.453. The SMILES string of the molecule is CSc1nnc(C(F)F)n1/N=C/c1cc(Br)cs1. The molecule has 0 saturated heterocycles. The van der Waals surface area contributed by atoms with Crippen LogP contribution in [-0.4, -0.2) is 27.3 Å². The van der Waals surface area contributed by atoms with Crippen LogP contribution < -0.4 is 0 Å². The van der Waals surface area contributed by atoms with E-state index in [0.717, 1.165) is 14.0 Å². The van der Waals surface area contributed by atoms with Crippen molar-refractivity contribution in [3.8, 4) is 0 Å². The summed E-state index contributed by atoms with van der Waals surface area (Å²) < 4.78 is 27.4. The molecule has 18 heavy (non-hydrogen) atoms. The molecule has 2 aromatic heterocycles. The second-order valence-electron chi connectivity index (χ2n) is 3.07. The van der Waals surface area contributed by atoms with E-state index in [1.54, 1.807) is 6.26 Å². The molecule has 0 aliphatic rings. The van der Waals surface area contributed by atoms with Gasteiger partial charge in [-0.15, -0.1) is 21.5 Å². The molecule has 0 amide bonds. The molecule has 0 bridgehead atoms. The van der Waals surface area contributed by atoms with E-state index in [4.69, 9.17) is 0 Å². The molecule has 2 heterocycles. The molecular formula is C9H7BrF2N4S2. The number of aromatic nitrogens is 3. The minimum Gasteiger partial charge on any atom is -0.201 e. The van der Waals surface area contributed by atoms with Gasteiger partial charge < -0.3 is 0 Å². The van der Waals surface area contributed by atoms with Crippen LogP contribution in [0.2, 0.25) is 0 Å². The largest absolute Gasteiger partial charge is 0.299 e. The smallest absolute Gasteiger partial charge is 0.201 e. The van der Waals surface area contributed by atoms with Crippen molar-refractivity contribution >= 4 is 45.2 Å². The molecular weight excluding hydrogens is 346 g/mol. The number of hydrogen-bond acceptors (Lipinski definition) is 5. The summed E-state index contributed by atoms with van der Waals surface area (Å²) in [5, 5.41) is 13.3. The van der Waals surface area contributed by atoms with E-state index in [1.807, 2.05) is 11.4 Å². The fourth-order valence-electron chi connectivity index (χ4n) is 1.16. The van der Waals surface area contributed by atoms with E-state index >= 15 is 0 Å². The Morgan fingerprint density at radius 1 is 1.56 bits per heavy atom. The summed E-state index contributed by atoms with van der Waals surface area (Å²) in [6.45, 7) is 0. The van der Waals surface area contributed by atoms with Gasteiger partial charge in [0.25, 0.3) is 6.43 Å². The number of nitrogens with zero attached hydrogens (tertiary/aromatic N) is 4. The lowest BCUT2D eigenvalue weighted by molar-refractivity contribution is 0.135. The van der Waals surface area contributed by atoms with Gasteiger partial charge in [-0.25, -0.2) is 8.78 Å². The Kier molecular flexibility index (Phi) is 4.46. The van der Waals surface area contributed by atoms with Gasteiger partial charge in [0, 0.05) is 14.7 Å². The molecule has 0 spiro atoms. The fraction of sp³-hybridized carbons (Fsp3) is 0.222. The first-order valence-electron chi connectivity index (χ1n) is 4.67. The highest BCUT2D eigenvalue weighted by Gasteiger charge is 2.19. The molecule has 0 fully saturated rings. The Hall–Kier alpha value is -0.800. The predicted octanol–water partition coefficient (Wildman–Crippen LogP) is 3.64. The summed E-state index contributed by atoms with van der Waals surface area (Å²) in [6.07, 6.45) is 0.530. The van der Waals surface area contributed by atoms with E-state index in [2.05, 4.69) is 31.2 Å². The molecule has 4 nitrogen and oxygen atoms in total. The summed E-state index contributed by atoms with van der Waals surface area (Å²) >= 11 is 5.97. The zero-order valence-electron chi connectivity index (χ0n) is 9.05. The number of halogens is 3. The minimum atomic E-state index is -2.70. The Labute approximate surface area is 118 Å². The van der Waals surface area contributed by atoms with Crippen molar-refractivity contribution in [2.24, 2.45) is 5.10 Å². The van der Waals surface area contributed by atoms with Crippen molar-refractivity contribution in [1.82, 2.24) is 14.9 Å². The van der Waals surface area contributed by atoms with Crippen LogP contribution in [-0.2, 0) is 0 Å². The van der Waals surface area contributed by atoms with Gasteiger partial charge in [-0.1, -0.05) is 11.8 Å². The molecule has 9 heteroatoms. The summed E-state index contributed by atoms with van der Waals surface area (Å²) in [5.41, 5.74) is 0. The molecule has 0 radical (unpaired) electrons. The quantitative estimate of drug-likeness (QED) is 0.623. The molecule has 0 saturated carbocycles. The summed E-state index contributed by atoms with van der Waals surface area (Å²) in [4.78, 5) is 0.850. The van der Waals surface area contributed by atoms with E-state index in [-0.39, 0.29) is 0 Å². The monoisotopic (exact) mass is 352 g/mol. The predicted molar refractivity (Wildman–Crippen MR) is 71.8 cm³/mol. The number of alkyl halides is 2. The molecule has 2 rings (SSSR count). The first-order valence-corrected chi connectivity index (χ1v) is 7.57. The maximum atomic E-state index is 12.7. The van der Waals surface area contributed by atoms with E-state index in [1.165, 1.54) is 29.3 Å². The van der Waals surface area contributed by atoms with Crippen molar-refractivity contribution in [2.45, 2.75) is 11.6 Å². The standard InChI is InChI=1S/C9H7BrF2N4S2/c1-17-9-15-14-8(7(11)12)16(9)13-3-6-2-5(10)4-18-6/h2-4,7H,1H3/b13-3+. The van der Waals surface area contributed by atoms with E-state index < -0.39 is 12.2 Å². The van der Waals surface area contributed by atoms with Crippen LogP contribution in [0, 0.1) is 0 Å². The van der Waals surface area contributed by atoms with Crippen molar-refractivity contribution in [3.05, 3.63) is 26.6 Å². The first-order chi connectivity index (χ1) is 8.61. The number of thioether (sulfide) groups is 1. The Bertz CT molecular complexity index is 567. The van der Waals surface area contributed by atoms with Gasteiger partial charge in [0.1, 0.15) is 0 Å². The number of hydrogen-bond donors (Lipinski definition) is 0. The first kappa shape index (κ1) is 13.6. The Morgan fingerprint density at radius 2 is 2.33 bits per heavy atom. The molecule has 0 aliphatic carbocycles. The van der Waals surface area contributed by atoms with Gasteiger partial charge in [0.2, 0.25) is 11.0 Å². The highest BCUT2D eigenvalue weighted by atomic mass is 79.9. The van der Waals surface area contributed by atoms with Crippen molar-refractivity contribution < 1.29 is 8.78 Å². The van der Waals surface area contributed by atoms with E-state index in [9.17, 15) is 8.78 Å². The lowest BCUT2D eigenvalue weighted by atomic mass is 10.5. The topological polar surface area (TPSA) is 43.1 Å². The van der Waals surface area contributed by atoms with Crippen molar-refractivity contribution in [2.75, 3.05) is 6.26 Å². The van der Waals surface area contributed by atoms with Crippen LogP contribution in [0.1, 0.15) is 17.1 Å². The van der Waals surface area contributed by atoms with E-state index in [0.29, 0.717) is 5.16 Å². The lowest BCUT2D eigenvalue weighted by Crippen LogP contribution is -2.00. The highest BCUT2D eigenvalue weighted by molar-refractivity contribution is 9.10. The van der Waals surface area contributed by atoms with Crippen LogP contribution in [0.3, 0.4) is 0 Å². The zero-order valence-corrected chi connectivity index (χ0v) is 12.3. The Morgan fingerprint density at radius 3 is 2.89 bits per heavy atom. The molecule has 0 N–H and O–H groups in total. The van der Waals surface area contributed by atoms with Crippen LogP contribution in [0.25, 0.3) is 0 Å². The number of thiophene rings is 1. The summed E-state index contributed by atoms with van der Waals surface area (Å²) in [7, 11) is 0. The molecule has 2 aromatic rings. The van der Waals surface area contributed by atoms with Gasteiger partial charge in [-0.05, 0) is 28.3 Å².